The first-order valence-corrected chi connectivity index (χ1v) is 11.4. The van der Waals surface area contributed by atoms with Crippen LogP contribution in [-0.2, 0) is 0 Å². The molecular formula is C23H44N2O. The Morgan fingerprint density at radius 2 is 1.38 bits per heavy atom. The summed E-state index contributed by atoms with van der Waals surface area (Å²) in [5, 5.41) is 9.66. The van der Waals surface area contributed by atoms with E-state index in [1.54, 1.807) is 0 Å². The summed E-state index contributed by atoms with van der Waals surface area (Å²) in [6.07, 6.45) is 24.8. The molecule has 0 spiro atoms. The highest BCUT2D eigenvalue weighted by molar-refractivity contribution is 5.73. The molecule has 1 unspecified atom stereocenters. The van der Waals surface area contributed by atoms with Crippen LogP contribution in [0.4, 0.5) is 0 Å². The second-order valence-corrected chi connectivity index (χ2v) is 7.85. The average molecular weight is 365 g/mol. The van der Waals surface area contributed by atoms with Crippen molar-refractivity contribution < 1.29 is 5.11 Å². The van der Waals surface area contributed by atoms with E-state index in [1.807, 2.05) is 4.90 Å². The average Bonchev–Trinajstić information content (AvgIpc) is 3.01. The molecule has 1 atom stereocenters. The number of hydrogen-bond acceptors (Lipinski definition) is 2. The Kier molecular flexibility index (Phi) is 14.4. The largest absolute Gasteiger partial charge is 0.481 e. The summed E-state index contributed by atoms with van der Waals surface area (Å²) < 4.78 is 0. The van der Waals surface area contributed by atoms with Crippen molar-refractivity contribution in [1.29, 1.82) is 0 Å². The molecule has 0 bridgehead atoms. The fraction of sp³-hybridized carbons (Fsp3) is 0.870. The lowest BCUT2D eigenvalue weighted by atomic mass is 10.0. The lowest BCUT2D eigenvalue weighted by Gasteiger charge is -2.14. The van der Waals surface area contributed by atoms with Crippen molar-refractivity contribution in [2.45, 2.75) is 116 Å². The van der Waals surface area contributed by atoms with Crippen LogP contribution in [0.1, 0.15) is 110 Å². The first kappa shape index (κ1) is 23.0. The van der Waals surface area contributed by atoms with Gasteiger partial charge in [-0.15, -0.1) is 0 Å². The molecule has 0 fully saturated rings. The molecule has 1 N–H and O–H groups in total. The van der Waals surface area contributed by atoms with E-state index in [0.29, 0.717) is 6.04 Å². The van der Waals surface area contributed by atoms with Gasteiger partial charge < -0.3 is 10.0 Å². The van der Waals surface area contributed by atoms with Crippen molar-refractivity contribution in [3.05, 3.63) is 12.2 Å². The van der Waals surface area contributed by atoms with Crippen LogP contribution in [0.5, 0.6) is 0 Å². The van der Waals surface area contributed by atoms with Gasteiger partial charge in [-0.3, -0.25) is 0 Å². The Labute approximate surface area is 163 Å². The fourth-order valence-corrected chi connectivity index (χ4v) is 3.68. The smallest absolute Gasteiger partial charge is 0.285 e. The van der Waals surface area contributed by atoms with Crippen LogP contribution in [-0.4, -0.2) is 35.2 Å². The SMILES string of the molecule is CCCCCCCCC=CCCCCCCCCC1CN(CC)C(O)=N1. The summed E-state index contributed by atoms with van der Waals surface area (Å²) in [5.74, 6) is 0. The van der Waals surface area contributed by atoms with Gasteiger partial charge in [0.1, 0.15) is 0 Å². The van der Waals surface area contributed by atoms with Crippen LogP contribution in [0.2, 0.25) is 0 Å². The van der Waals surface area contributed by atoms with Gasteiger partial charge in [0.05, 0.1) is 6.04 Å². The molecule has 0 aliphatic carbocycles. The molecule has 3 heteroatoms. The van der Waals surface area contributed by atoms with Gasteiger partial charge >= 0.3 is 0 Å². The predicted octanol–water partition coefficient (Wildman–Crippen LogP) is 7.03. The number of aliphatic hydroxyl groups excluding tert-OH is 1. The van der Waals surface area contributed by atoms with Gasteiger partial charge in [0.15, 0.2) is 0 Å². The van der Waals surface area contributed by atoms with Gasteiger partial charge in [-0.2, -0.15) is 0 Å². The molecule has 26 heavy (non-hydrogen) atoms. The highest BCUT2D eigenvalue weighted by Gasteiger charge is 2.22. The maximum atomic E-state index is 9.66. The van der Waals surface area contributed by atoms with Gasteiger partial charge in [-0.1, -0.05) is 83.3 Å². The van der Waals surface area contributed by atoms with E-state index in [-0.39, 0.29) is 6.02 Å². The maximum absolute atomic E-state index is 9.66. The Morgan fingerprint density at radius 1 is 0.846 bits per heavy atom. The third kappa shape index (κ3) is 11.6. The third-order valence-electron chi connectivity index (χ3n) is 5.44. The molecule has 1 heterocycles. The minimum Gasteiger partial charge on any atom is -0.481 e. The van der Waals surface area contributed by atoms with Crippen LogP contribution >= 0.6 is 0 Å². The number of likely N-dealkylation sites (N-methyl/N-ethyl adjacent to an activating group) is 1. The molecule has 0 saturated carbocycles. The minimum absolute atomic E-state index is 0.252. The second-order valence-electron chi connectivity index (χ2n) is 7.85. The van der Waals surface area contributed by atoms with E-state index in [0.717, 1.165) is 19.5 Å². The van der Waals surface area contributed by atoms with E-state index in [2.05, 4.69) is 31.0 Å². The van der Waals surface area contributed by atoms with Crippen molar-refractivity contribution in [2.75, 3.05) is 13.1 Å². The number of aliphatic hydroxyl groups is 1. The topological polar surface area (TPSA) is 35.8 Å². The van der Waals surface area contributed by atoms with Gasteiger partial charge in [0, 0.05) is 13.1 Å². The molecular weight excluding hydrogens is 320 g/mol. The van der Waals surface area contributed by atoms with E-state index in [4.69, 9.17) is 0 Å². The molecule has 3 nitrogen and oxygen atoms in total. The highest BCUT2D eigenvalue weighted by Crippen LogP contribution is 2.16. The van der Waals surface area contributed by atoms with Crippen LogP contribution in [0.15, 0.2) is 17.1 Å². The Hall–Kier alpha value is -0.990. The zero-order chi connectivity index (χ0) is 18.9. The lowest BCUT2D eigenvalue weighted by molar-refractivity contribution is 0.361. The summed E-state index contributed by atoms with van der Waals surface area (Å²) >= 11 is 0. The van der Waals surface area contributed by atoms with Crippen LogP contribution in [0, 0.1) is 0 Å². The monoisotopic (exact) mass is 364 g/mol. The number of nitrogens with zero attached hydrogens (tertiary/aromatic N) is 2. The maximum Gasteiger partial charge on any atom is 0.285 e. The third-order valence-corrected chi connectivity index (χ3v) is 5.44. The number of allylic oxidation sites excluding steroid dienone is 2. The molecule has 0 aromatic carbocycles. The fourth-order valence-electron chi connectivity index (χ4n) is 3.68. The number of rotatable bonds is 17. The zero-order valence-electron chi connectivity index (χ0n) is 17.6. The molecule has 0 aromatic heterocycles. The molecule has 0 aromatic rings. The van der Waals surface area contributed by atoms with E-state index >= 15 is 0 Å². The van der Waals surface area contributed by atoms with Crippen molar-refractivity contribution in [3.8, 4) is 0 Å². The van der Waals surface area contributed by atoms with Gasteiger partial charge in [0.25, 0.3) is 6.02 Å². The van der Waals surface area contributed by atoms with Crippen molar-refractivity contribution >= 4 is 6.02 Å². The van der Waals surface area contributed by atoms with Crippen molar-refractivity contribution in [3.63, 3.8) is 0 Å². The molecule has 0 saturated heterocycles. The molecule has 1 aliphatic heterocycles. The second kappa shape index (κ2) is 16.2. The molecule has 1 rings (SSSR count). The molecule has 152 valence electrons. The summed E-state index contributed by atoms with van der Waals surface area (Å²) in [6, 6.07) is 0.578. The molecule has 0 radical (unpaired) electrons. The number of amidine groups is 1. The summed E-state index contributed by atoms with van der Waals surface area (Å²) in [5.41, 5.74) is 0. The summed E-state index contributed by atoms with van der Waals surface area (Å²) in [4.78, 5) is 6.30. The highest BCUT2D eigenvalue weighted by atomic mass is 16.3. The van der Waals surface area contributed by atoms with E-state index in [1.165, 1.54) is 89.9 Å². The Morgan fingerprint density at radius 3 is 1.92 bits per heavy atom. The van der Waals surface area contributed by atoms with E-state index in [9.17, 15) is 5.11 Å². The van der Waals surface area contributed by atoms with Crippen LogP contribution in [0.3, 0.4) is 0 Å². The van der Waals surface area contributed by atoms with E-state index < -0.39 is 0 Å². The minimum atomic E-state index is 0.252. The summed E-state index contributed by atoms with van der Waals surface area (Å²) in [6.45, 7) is 6.12. The first-order valence-electron chi connectivity index (χ1n) is 11.4. The first-order chi connectivity index (χ1) is 12.8. The van der Waals surface area contributed by atoms with Crippen LogP contribution in [0.25, 0.3) is 0 Å². The number of hydrogen-bond donors (Lipinski definition) is 1. The number of aliphatic imine (C=N–C) groups is 1. The van der Waals surface area contributed by atoms with Crippen molar-refractivity contribution in [2.24, 2.45) is 4.99 Å². The lowest BCUT2D eigenvalue weighted by Crippen LogP contribution is -2.28. The van der Waals surface area contributed by atoms with Gasteiger partial charge in [-0.25, -0.2) is 4.99 Å². The normalized spacial score (nSPS) is 17.4. The number of unbranched alkanes of at least 4 members (excludes halogenated alkanes) is 12. The van der Waals surface area contributed by atoms with Gasteiger partial charge in [0.2, 0.25) is 0 Å². The van der Waals surface area contributed by atoms with Gasteiger partial charge in [-0.05, 0) is 39.0 Å². The Balaban J connectivity index is 1.79. The van der Waals surface area contributed by atoms with Crippen LogP contribution < -0.4 is 0 Å². The standard InChI is InChI=1S/C23H44N2O/c1-3-5-6-7-8-9-10-11-12-13-14-15-16-17-18-19-20-22-21-25(4-2)23(26)24-22/h11-12,22H,3-10,13-21H2,1-2H3,(H,24,26). The summed E-state index contributed by atoms with van der Waals surface area (Å²) in [7, 11) is 0. The molecule has 1 aliphatic rings. The zero-order valence-corrected chi connectivity index (χ0v) is 17.6. The quantitative estimate of drug-likeness (QED) is 0.222. The van der Waals surface area contributed by atoms with Crippen molar-refractivity contribution in [1.82, 2.24) is 4.90 Å². The molecule has 0 amide bonds. The predicted molar refractivity (Wildman–Crippen MR) is 115 cm³/mol. The Bertz CT molecular complexity index is 378.